The van der Waals surface area contributed by atoms with E-state index >= 15 is 0 Å². The van der Waals surface area contributed by atoms with Crippen molar-refractivity contribution < 1.29 is 99.0 Å². The molecule has 21 nitrogen and oxygen atoms in total. The van der Waals surface area contributed by atoms with Gasteiger partial charge in [0.15, 0.2) is 12.1 Å². The van der Waals surface area contributed by atoms with Crippen molar-refractivity contribution in [3.8, 4) is 0 Å². The summed E-state index contributed by atoms with van der Waals surface area (Å²) in [5.74, 6) is -5.99. The highest BCUT2D eigenvalue weighted by atomic mass is 33.1. The van der Waals surface area contributed by atoms with E-state index in [2.05, 4.69) is 5.32 Å². The molecule has 19 atom stereocenters. The summed E-state index contributed by atoms with van der Waals surface area (Å²) < 4.78 is 28.2. The molecule has 3 rings (SSSR count). The highest BCUT2D eigenvalue weighted by molar-refractivity contribution is 8.76. The van der Waals surface area contributed by atoms with Gasteiger partial charge in [0.2, 0.25) is 0 Å². The molecule has 0 spiro atoms. The molecule has 0 saturated carbocycles. The van der Waals surface area contributed by atoms with Gasteiger partial charge in [-0.05, 0) is 38.0 Å². The van der Waals surface area contributed by atoms with Gasteiger partial charge in [-0.2, -0.15) is 0 Å². The zero-order valence-corrected chi connectivity index (χ0v) is 46.7. The van der Waals surface area contributed by atoms with Crippen LogP contribution < -0.4 is 5.32 Å². The number of aliphatic hydroxyl groups is 10. The minimum absolute atomic E-state index is 0.0421. The number of esters is 1. The summed E-state index contributed by atoms with van der Waals surface area (Å²) >= 11 is 0. The maximum Gasteiger partial charge on any atom is 0.407 e. The number of fused-ring (bicyclic) bond motifs is 2. The molecule has 3 heterocycles. The molecule has 0 aromatic rings. The number of Topliss-reactive ketones (excluding diaryl/α,β-unsaturated/α-hetero) is 1. The smallest absolute Gasteiger partial charge is 0.407 e. The first-order valence-corrected chi connectivity index (χ1v) is 29.0. The highest BCUT2D eigenvalue weighted by Crippen LogP contribution is 2.38. The van der Waals surface area contributed by atoms with Gasteiger partial charge in [-0.3, -0.25) is 14.4 Å². The lowest BCUT2D eigenvalue weighted by atomic mass is 9.81. The third kappa shape index (κ3) is 25.4. The number of rotatable bonds is 11. The summed E-state index contributed by atoms with van der Waals surface area (Å²) in [6.07, 6.45) is 2.28. The maximum atomic E-state index is 12.9. The lowest BCUT2D eigenvalue weighted by molar-refractivity contribution is -0.309. The number of nitrogens with one attached hydrogen (secondary N) is 1. The molecule has 12 N–H and O–H groups in total. The van der Waals surface area contributed by atoms with Crippen molar-refractivity contribution in [3.63, 3.8) is 0 Å². The second kappa shape index (κ2) is 35.9. The highest BCUT2D eigenvalue weighted by Gasteiger charge is 2.51. The molecule has 3 aliphatic rings. The Kier molecular flexibility index (Phi) is 31.5. The van der Waals surface area contributed by atoms with Gasteiger partial charge in [0.1, 0.15) is 37.1 Å². The summed E-state index contributed by atoms with van der Waals surface area (Å²) in [6, 6.07) is -1.39. The summed E-state index contributed by atoms with van der Waals surface area (Å²) in [5, 5.41) is 123. The second-order valence-corrected chi connectivity index (χ2v) is 23.0. The van der Waals surface area contributed by atoms with Gasteiger partial charge >= 0.3 is 18.0 Å². The number of carboxylic acid groups (broad SMARTS) is 1. The summed E-state index contributed by atoms with van der Waals surface area (Å²) in [5.41, 5.74) is 0. The number of aliphatic hydroxyl groups excluding tert-OH is 9. The van der Waals surface area contributed by atoms with E-state index in [1.54, 1.807) is 48.6 Å². The molecule has 78 heavy (non-hydrogen) atoms. The van der Waals surface area contributed by atoms with E-state index in [1.807, 2.05) is 51.2 Å². The average Bonchev–Trinajstić information content (AvgIpc) is 3.40. The maximum absolute atomic E-state index is 12.9. The molecular weight excluding hydrogens is 1060 g/mol. The Morgan fingerprint density at radius 1 is 0.667 bits per heavy atom. The molecule has 3 aliphatic heterocycles. The summed E-state index contributed by atoms with van der Waals surface area (Å²) in [4.78, 5) is 49.4. The zero-order valence-electron chi connectivity index (χ0n) is 45.1. The van der Waals surface area contributed by atoms with Crippen LogP contribution in [0, 0.1) is 23.7 Å². The van der Waals surface area contributed by atoms with Crippen molar-refractivity contribution in [1.82, 2.24) is 5.32 Å². The third-order valence-corrected chi connectivity index (χ3v) is 16.0. The first kappa shape index (κ1) is 68.5. The monoisotopic (exact) mass is 1140 g/mol. The molecule has 0 aromatic heterocycles. The fraction of sp³-hybridized carbons (Fsp3) is 0.673. The predicted molar refractivity (Wildman–Crippen MR) is 292 cm³/mol. The molecule has 23 heteroatoms. The lowest BCUT2D eigenvalue weighted by Gasteiger charge is -2.45. The van der Waals surface area contributed by atoms with E-state index in [0.29, 0.717) is 11.5 Å². The first-order chi connectivity index (χ1) is 36.9. The van der Waals surface area contributed by atoms with Crippen LogP contribution in [-0.2, 0) is 38.1 Å². The lowest BCUT2D eigenvalue weighted by Crippen LogP contribution is -2.64. The molecule has 1 amide bonds. The number of ether oxygens (including phenoxy) is 5. The molecular formula is C55H85NO20S2. The Hall–Kier alpha value is -3.76. The van der Waals surface area contributed by atoms with Crippen LogP contribution in [-0.4, -0.2) is 196 Å². The molecule has 6 unspecified atom stereocenters. The van der Waals surface area contributed by atoms with E-state index in [9.17, 15) is 75.3 Å². The summed E-state index contributed by atoms with van der Waals surface area (Å²) in [6.45, 7) is 8.54. The van der Waals surface area contributed by atoms with Crippen molar-refractivity contribution in [2.24, 2.45) is 23.7 Å². The fourth-order valence-corrected chi connectivity index (χ4v) is 10.8. The van der Waals surface area contributed by atoms with Gasteiger partial charge in [-0.25, -0.2) is 4.79 Å². The summed E-state index contributed by atoms with van der Waals surface area (Å²) in [7, 11) is 2.77. The van der Waals surface area contributed by atoms with Crippen LogP contribution in [0.3, 0.4) is 0 Å². The van der Waals surface area contributed by atoms with Crippen LogP contribution in [0.25, 0.3) is 0 Å². The van der Waals surface area contributed by atoms with Crippen molar-refractivity contribution in [2.45, 2.75) is 184 Å². The minimum Gasteiger partial charge on any atom is -0.481 e. The van der Waals surface area contributed by atoms with E-state index in [1.165, 1.54) is 41.5 Å². The number of hydrogen-bond donors (Lipinski definition) is 12. The van der Waals surface area contributed by atoms with Crippen LogP contribution in [0.5, 0.6) is 0 Å². The minimum atomic E-state index is -2.39. The number of hydrogen-bond acceptors (Lipinski definition) is 21. The Morgan fingerprint density at radius 2 is 1.24 bits per heavy atom. The van der Waals surface area contributed by atoms with Crippen molar-refractivity contribution in [3.05, 3.63) is 85.1 Å². The van der Waals surface area contributed by atoms with Crippen LogP contribution in [0.2, 0.25) is 0 Å². The molecule has 0 aliphatic carbocycles. The third-order valence-electron chi connectivity index (χ3n) is 13.7. The van der Waals surface area contributed by atoms with Gasteiger partial charge in [-0.15, -0.1) is 0 Å². The normalized spacial score (nSPS) is 39.8. The van der Waals surface area contributed by atoms with E-state index in [-0.39, 0.29) is 68.9 Å². The number of carbonyl (C=O) groups is 4. The van der Waals surface area contributed by atoms with Gasteiger partial charge in [0.25, 0.3) is 0 Å². The average molecular weight is 1140 g/mol. The van der Waals surface area contributed by atoms with Crippen LogP contribution in [0.15, 0.2) is 85.1 Å². The standard InChI is InChI=1S/C55H85NO20S2/c1-33-18-16-14-12-10-8-6-7-9-11-13-15-17-19-42(75-53-51(67)48(50(66)36(4)74-53)56-54(70)73-23-25-78-77-24-22-72-37(5)57)30-46-47(52(68)69)45(64)32-55(71,76-46)31-41(61)29-44(63)43(62)21-20-38(58)27-40(60)28-39(59)26-34(2)35(3)49(33)65/h6-19,33-36,38,40-51,53,58,60-67,71H,20-32H2,1-5H3,(H,56,70)(H,68,69)/b7-6+,10-8+,11-9+,14-12+,15-13+,18-16+,19-17+/t33-,34?,35-,36?,38+,40+,41-,42-,43+,44+,45-,46-,47+,48?,49+,50?,51?,53?,55+/m0/s1. The van der Waals surface area contributed by atoms with Gasteiger partial charge in [0, 0.05) is 62.9 Å². The van der Waals surface area contributed by atoms with Gasteiger partial charge in [0.05, 0.1) is 67.1 Å². The van der Waals surface area contributed by atoms with Crippen molar-refractivity contribution >= 4 is 45.4 Å². The van der Waals surface area contributed by atoms with Crippen molar-refractivity contribution in [1.29, 1.82) is 0 Å². The van der Waals surface area contributed by atoms with Crippen LogP contribution >= 0.6 is 21.6 Å². The quantitative estimate of drug-likeness (QED) is 0.0803. The Balaban J connectivity index is 1.87. The Morgan fingerprint density at radius 3 is 1.83 bits per heavy atom. The predicted octanol–water partition coefficient (Wildman–Crippen LogP) is 3.09. The molecule has 442 valence electrons. The van der Waals surface area contributed by atoms with Crippen LogP contribution in [0.4, 0.5) is 4.79 Å². The largest absolute Gasteiger partial charge is 0.481 e. The zero-order chi connectivity index (χ0) is 58.0. The number of ketones is 1. The molecule has 2 fully saturated rings. The number of amides is 1. The number of alkyl carbamates (subject to hydrolysis) is 1. The van der Waals surface area contributed by atoms with E-state index in [0.717, 1.165) is 0 Å². The van der Waals surface area contributed by atoms with Crippen molar-refractivity contribution in [2.75, 3.05) is 24.7 Å². The molecule has 0 radical (unpaired) electrons. The van der Waals surface area contributed by atoms with E-state index in [4.69, 9.17) is 23.7 Å². The molecule has 2 bridgehead atoms. The number of carbonyl (C=O) groups excluding carboxylic acids is 3. The second-order valence-electron chi connectivity index (χ2n) is 20.3. The van der Waals surface area contributed by atoms with Gasteiger partial charge in [-0.1, -0.05) is 127 Å². The Labute approximate surface area is 465 Å². The fourth-order valence-electron chi connectivity index (χ4n) is 9.19. The SMILES string of the molecule is CC(=O)OCCSSCCOC(=O)NC1C(O)C(C)OC(O[C@H]2/C=C/C=C/C=C/C=C/C=C/C=C/C=C/[C@H](C)[C@@H](O)[C@@H](C)C(C)CC(=O)C[C@H](O)C[C@H](O)CC[C@@H](O)[C@H](O)C[C@H](O)C[C@]3(O)C[C@H](O)[C@@H](C(=O)O)[C@H](C2)O3)C1O. The molecule has 2 saturated heterocycles. The van der Waals surface area contributed by atoms with Gasteiger partial charge < -0.3 is 85.2 Å². The Bertz CT molecular complexity index is 2040. The molecule has 0 aromatic carbocycles. The number of allylic oxidation sites excluding steroid dienone is 12. The number of carboxylic acids is 1. The van der Waals surface area contributed by atoms with E-state index < -0.39 is 141 Å². The first-order valence-electron chi connectivity index (χ1n) is 26.5. The number of aliphatic carboxylic acids is 1. The van der Waals surface area contributed by atoms with Crippen LogP contribution in [0.1, 0.15) is 92.4 Å². The topological polar surface area (TPSA) is 349 Å².